The Kier molecular flexibility index (Phi) is 4.90. The van der Waals surface area contributed by atoms with Crippen LogP contribution in [0, 0.1) is 0 Å². The molecule has 22 heavy (non-hydrogen) atoms. The highest BCUT2D eigenvalue weighted by molar-refractivity contribution is 9.10. The van der Waals surface area contributed by atoms with E-state index in [4.69, 9.17) is 22.1 Å². The molecule has 4 nitrogen and oxygen atoms in total. The summed E-state index contributed by atoms with van der Waals surface area (Å²) < 4.78 is 7.05. The molecular weight excluding hydrogens is 386 g/mol. The van der Waals surface area contributed by atoms with Crippen LogP contribution in [0.15, 0.2) is 39.9 Å². The van der Waals surface area contributed by atoms with E-state index in [1.807, 2.05) is 12.1 Å². The highest BCUT2D eigenvalue weighted by Gasteiger charge is 2.12. The van der Waals surface area contributed by atoms with Crippen LogP contribution in [0.4, 0.5) is 5.69 Å². The van der Waals surface area contributed by atoms with Gasteiger partial charge >= 0.3 is 0 Å². The van der Waals surface area contributed by atoms with E-state index in [0.717, 1.165) is 28.0 Å². The number of rotatable bonds is 0. The summed E-state index contributed by atoms with van der Waals surface area (Å²) in [5.74, 6) is 3.50. The lowest BCUT2D eigenvalue weighted by Crippen LogP contribution is -2.14. The van der Waals surface area contributed by atoms with Crippen LogP contribution in [-0.2, 0) is 6.42 Å². The van der Waals surface area contributed by atoms with Crippen LogP contribution in [0.25, 0.3) is 0 Å². The van der Waals surface area contributed by atoms with E-state index in [9.17, 15) is 0 Å². The smallest absolute Gasteiger partial charge is 0.171 e. The fourth-order valence-electron chi connectivity index (χ4n) is 2.08. The standard InChI is InChI=1S/C15H13BrClN3OS/c16-10-1-2-12-9(5-10)3-4-22-8-15(18)20-11-6-14(17)19-7-13(11)21-12/h1-2,5-7H,3-4,8H2,(H2,18,20). The first-order valence-corrected chi connectivity index (χ1v) is 8.97. The lowest BCUT2D eigenvalue weighted by molar-refractivity contribution is 0.476. The van der Waals surface area contributed by atoms with Gasteiger partial charge in [-0.05, 0) is 35.9 Å². The van der Waals surface area contributed by atoms with Gasteiger partial charge in [-0.2, -0.15) is 11.8 Å². The van der Waals surface area contributed by atoms with Gasteiger partial charge < -0.3 is 10.5 Å². The zero-order chi connectivity index (χ0) is 15.5. The zero-order valence-electron chi connectivity index (χ0n) is 11.6. The molecule has 2 N–H and O–H groups in total. The molecule has 0 fully saturated rings. The predicted molar refractivity (Wildman–Crippen MR) is 95.8 cm³/mol. The van der Waals surface area contributed by atoms with Crippen molar-refractivity contribution in [3.8, 4) is 11.5 Å². The number of aromatic nitrogens is 1. The first-order chi connectivity index (χ1) is 10.6. The molecule has 7 heteroatoms. The summed E-state index contributed by atoms with van der Waals surface area (Å²) >= 11 is 11.2. The third-order valence-electron chi connectivity index (χ3n) is 3.09. The number of pyridine rings is 1. The molecule has 1 aliphatic rings. The van der Waals surface area contributed by atoms with Crippen LogP contribution in [-0.4, -0.2) is 22.3 Å². The molecule has 0 aliphatic carbocycles. The average Bonchev–Trinajstić information content (AvgIpc) is 2.50. The van der Waals surface area contributed by atoms with Crippen molar-refractivity contribution < 1.29 is 4.74 Å². The number of halogens is 2. The molecule has 0 radical (unpaired) electrons. The van der Waals surface area contributed by atoms with E-state index in [0.29, 0.717) is 28.2 Å². The molecule has 114 valence electrons. The first-order valence-electron chi connectivity index (χ1n) is 6.64. The van der Waals surface area contributed by atoms with Crippen LogP contribution < -0.4 is 10.5 Å². The van der Waals surface area contributed by atoms with Gasteiger partial charge in [-0.15, -0.1) is 0 Å². The molecule has 1 aliphatic heterocycles. The molecule has 0 saturated heterocycles. The third-order valence-corrected chi connectivity index (χ3v) is 4.78. The molecule has 0 atom stereocenters. The maximum Gasteiger partial charge on any atom is 0.171 e. The Morgan fingerprint density at radius 2 is 2.14 bits per heavy atom. The number of nitrogens with two attached hydrogens (primary N) is 1. The largest absolute Gasteiger partial charge is 0.453 e. The van der Waals surface area contributed by atoms with E-state index in [1.165, 1.54) is 0 Å². The topological polar surface area (TPSA) is 60.5 Å². The Morgan fingerprint density at radius 1 is 1.27 bits per heavy atom. The van der Waals surface area contributed by atoms with Crippen molar-refractivity contribution in [3.63, 3.8) is 0 Å². The van der Waals surface area contributed by atoms with Gasteiger partial charge in [0.15, 0.2) is 5.75 Å². The van der Waals surface area contributed by atoms with Crippen LogP contribution in [0.1, 0.15) is 5.56 Å². The minimum absolute atomic E-state index is 0.359. The molecular formula is C15H13BrClN3OS. The maximum absolute atomic E-state index is 6.02. The predicted octanol–water partition coefficient (Wildman–Crippen LogP) is 4.57. The molecule has 0 spiro atoms. The summed E-state index contributed by atoms with van der Waals surface area (Å²) in [5, 5.41) is 0.359. The number of thioether (sulfide) groups is 1. The van der Waals surface area contributed by atoms with Crippen molar-refractivity contribution in [2.45, 2.75) is 6.42 Å². The van der Waals surface area contributed by atoms with Crippen molar-refractivity contribution in [1.82, 2.24) is 4.98 Å². The molecule has 0 amide bonds. The van der Waals surface area contributed by atoms with Gasteiger partial charge in [0.1, 0.15) is 22.4 Å². The van der Waals surface area contributed by atoms with Crippen molar-refractivity contribution in [2.75, 3.05) is 11.5 Å². The molecule has 0 saturated carbocycles. The quantitative estimate of drug-likeness (QED) is 0.660. The maximum atomic E-state index is 6.02. The zero-order valence-corrected chi connectivity index (χ0v) is 14.7. The second-order valence-electron chi connectivity index (χ2n) is 4.73. The van der Waals surface area contributed by atoms with Gasteiger partial charge in [-0.25, -0.2) is 9.98 Å². The molecule has 1 aromatic carbocycles. The molecule has 2 aromatic rings. The van der Waals surface area contributed by atoms with E-state index in [1.54, 1.807) is 24.0 Å². The molecule has 3 rings (SSSR count). The number of hydrogen-bond acceptors (Lipinski definition) is 5. The van der Waals surface area contributed by atoms with Gasteiger partial charge in [-0.3, -0.25) is 0 Å². The normalized spacial score (nSPS) is 14.9. The van der Waals surface area contributed by atoms with E-state index in [2.05, 4.69) is 32.0 Å². The lowest BCUT2D eigenvalue weighted by Gasteiger charge is -2.12. The van der Waals surface area contributed by atoms with Crippen molar-refractivity contribution in [3.05, 3.63) is 45.7 Å². The summed E-state index contributed by atoms with van der Waals surface area (Å²) in [6, 6.07) is 7.62. The summed E-state index contributed by atoms with van der Waals surface area (Å²) in [6.07, 6.45) is 2.47. The van der Waals surface area contributed by atoms with E-state index >= 15 is 0 Å². The fourth-order valence-corrected chi connectivity index (χ4v) is 3.42. The van der Waals surface area contributed by atoms with Gasteiger partial charge in [-0.1, -0.05) is 27.5 Å². The van der Waals surface area contributed by atoms with Crippen molar-refractivity contribution in [2.24, 2.45) is 10.7 Å². The van der Waals surface area contributed by atoms with E-state index < -0.39 is 0 Å². The highest BCUT2D eigenvalue weighted by Crippen LogP contribution is 2.36. The Labute approximate surface area is 146 Å². The van der Waals surface area contributed by atoms with Crippen LogP contribution in [0.5, 0.6) is 11.5 Å². The van der Waals surface area contributed by atoms with Crippen molar-refractivity contribution in [1.29, 1.82) is 0 Å². The fraction of sp³-hybridized carbons (Fsp3) is 0.200. The molecule has 0 unspecified atom stereocenters. The molecule has 2 heterocycles. The Morgan fingerprint density at radius 3 is 3.00 bits per heavy atom. The molecule has 0 bridgehead atoms. The van der Waals surface area contributed by atoms with E-state index in [-0.39, 0.29) is 0 Å². The number of hydrogen-bond donors (Lipinski definition) is 1. The van der Waals surface area contributed by atoms with Gasteiger partial charge in [0, 0.05) is 10.5 Å². The summed E-state index contributed by atoms with van der Waals surface area (Å²) in [4.78, 5) is 8.48. The van der Waals surface area contributed by atoms with Crippen molar-refractivity contribution >= 4 is 50.8 Å². The third kappa shape index (κ3) is 3.74. The first kappa shape index (κ1) is 15.6. The van der Waals surface area contributed by atoms with Crippen LogP contribution in [0.3, 0.4) is 0 Å². The Balaban J connectivity index is 2.08. The van der Waals surface area contributed by atoms with Crippen LogP contribution in [0.2, 0.25) is 5.15 Å². The Bertz CT molecular complexity index is 739. The number of amidine groups is 1. The number of aliphatic imine (C=N–C) groups is 1. The number of benzene rings is 1. The second-order valence-corrected chi connectivity index (χ2v) is 7.14. The van der Waals surface area contributed by atoms with Gasteiger partial charge in [0.25, 0.3) is 0 Å². The number of aryl methyl sites for hydroxylation is 1. The number of ether oxygens (including phenoxy) is 1. The second kappa shape index (κ2) is 6.89. The summed E-state index contributed by atoms with van der Waals surface area (Å²) in [6.45, 7) is 0. The molecule has 1 aromatic heterocycles. The summed E-state index contributed by atoms with van der Waals surface area (Å²) in [7, 11) is 0. The minimum atomic E-state index is 0.359. The minimum Gasteiger partial charge on any atom is -0.453 e. The lowest BCUT2D eigenvalue weighted by atomic mass is 10.1. The van der Waals surface area contributed by atoms with Gasteiger partial charge in [0.05, 0.1) is 11.9 Å². The Hall–Kier alpha value is -1.24. The van der Waals surface area contributed by atoms with Gasteiger partial charge in [0.2, 0.25) is 0 Å². The summed E-state index contributed by atoms with van der Waals surface area (Å²) in [5.41, 5.74) is 7.69. The highest BCUT2D eigenvalue weighted by atomic mass is 79.9. The number of nitrogens with zero attached hydrogens (tertiary/aromatic N) is 2. The van der Waals surface area contributed by atoms with Crippen LogP contribution >= 0.6 is 39.3 Å². The SMILES string of the molecule is NC1=Nc2cc(Cl)ncc2Oc2ccc(Br)cc2CCSC1. The number of fused-ring (bicyclic) bond motifs is 2. The average molecular weight is 399 g/mol. The monoisotopic (exact) mass is 397 g/mol.